The number of benzene rings is 3. The third-order valence-electron chi connectivity index (χ3n) is 4.37. The number of para-hydroxylation sites is 1. The number of hydrogen-bond donors (Lipinski definition) is 1. The van der Waals surface area contributed by atoms with Crippen LogP contribution in [0, 0.1) is 0 Å². The fourth-order valence-corrected chi connectivity index (χ4v) is 2.96. The average Bonchev–Trinajstić information content (AvgIpc) is 3.17. The molecule has 0 aliphatic rings. The van der Waals surface area contributed by atoms with Crippen LogP contribution in [0.15, 0.2) is 85.2 Å². The van der Waals surface area contributed by atoms with Crippen molar-refractivity contribution in [1.82, 2.24) is 15.1 Å². The fraction of sp³-hybridized carbons (Fsp3) is 0.0909. The number of hydrogen-bond acceptors (Lipinski definition) is 2. The van der Waals surface area contributed by atoms with Gasteiger partial charge in [-0.05, 0) is 47.0 Å². The Morgan fingerprint density at radius 3 is 2.54 bits per heavy atom. The highest BCUT2D eigenvalue weighted by Crippen LogP contribution is 2.15. The average molecular weight is 341 g/mol. The number of aromatic nitrogens is 2. The molecule has 3 aromatic carbocycles. The molecule has 4 aromatic rings. The molecule has 1 heterocycles. The molecule has 1 aromatic heterocycles. The number of fused-ring (bicyclic) bond motifs is 1. The van der Waals surface area contributed by atoms with E-state index < -0.39 is 0 Å². The highest BCUT2D eigenvalue weighted by Gasteiger charge is 2.07. The smallest absolute Gasteiger partial charge is 0.251 e. The number of carbonyl (C=O) groups excluding carboxylic acids is 1. The van der Waals surface area contributed by atoms with Gasteiger partial charge in [-0.3, -0.25) is 4.79 Å². The highest BCUT2D eigenvalue weighted by atomic mass is 16.1. The van der Waals surface area contributed by atoms with Gasteiger partial charge in [-0.1, -0.05) is 48.5 Å². The van der Waals surface area contributed by atoms with Gasteiger partial charge in [0.25, 0.3) is 5.91 Å². The van der Waals surface area contributed by atoms with E-state index >= 15 is 0 Å². The summed E-state index contributed by atoms with van der Waals surface area (Å²) in [6.07, 6.45) is 4.58. The minimum Gasteiger partial charge on any atom is -0.352 e. The van der Waals surface area contributed by atoms with E-state index in [2.05, 4.69) is 10.4 Å². The molecule has 1 N–H and O–H groups in total. The predicted molar refractivity (Wildman–Crippen MR) is 104 cm³/mol. The van der Waals surface area contributed by atoms with Crippen LogP contribution in [0.2, 0.25) is 0 Å². The van der Waals surface area contributed by atoms with Crippen molar-refractivity contribution < 1.29 is 4.79 Å². The normalized spacial score (nSPS) is 10.8. The second-order valence-corrected chi connectivity index (χ2v) is 6.20. The van der Waals surface area contributed by atoms with Crippen molar-refractivity contribution >= 4 is 16.7 Å². The molecule has 0 aliphatic carbocycles. The molecule has 0 bridgehead atoms. The van der Waals surface area contributed by atoms with E-state index in [1.54, 1.807) is 0 Å². The summed E-state index contributed by atoms with van der Waals surface area (Å²) in [4.78, 5) is 12.4. The fourth-order valence-electron chi connectivity index (χ4n) is 2.96. The predicted octanol–water partition coefficient (Wildman–Crippen LogP) is 4.00. The Labute approximate surface area is 152 Å². The van der Waals surface area contributed by atoms with Crippen LogP contribution in [-0.2, 0) is 6.42 Å². The Kier molecular flexibility index (Phi) is 4.48. The molecule has 0 saturated heterocycles. The lowest BCUT2D eigenvalue weighted by Gasteiger charge is -2.06. The Balaban J connectivity index is 1.37. The van der Waals surface area contributed by atoms with Gasteiger partial charge in [-0.15, -0.1) is 0 Å². The summed E-state index contributed by atoms with van der Waals surface area (Å²) < 4.78 is 1.85. The number of carbonyl (C=O) groups is 1. The lowest BCUT2D eigenvalue weighted by atomic mass is 10.1. The molecule has 4 nitrogen and oxygen atoms in total. The van der Waals surface area contributed by atoms with Crippen LogP contribution in [0.1, 0.15) is 15.9 Å². The van der Waals surface area contributed by atoms with Crippen molar-refractivity contribution in [3.05, 3.63) is 96.3 Å². The first-order valence-electron chi connectivity index (χ1n) is 8.65. The second-order valence-electron chi connectivity index (χ2n) is 6.20. The topological polar surface area (TPSA) is 46.9 Å². The molecule has 1 amide bonds. The Morgan fingerprint density at radius 1 is 0.923 bits per heavy atom. The van der Waals surface area contributed by atoms with E-state index in [9.17, 15) is 4.79 Å². The molecular formula is C22H19N3O. The molecule has 0 fully saturated rings. The van der Waals surface area contributed by atoms with Crippen molar-refractivity contribution in [1.29, 1.82) is 0 Å². The Hall–Kier alpha value is -3.40. The maximum atomic E-state index is 12.4. The van der Waals surface area contributed by atoms with Gasteiger partial charge in [0.2, 0.25) is 0 Å². The first-order valence-corrected chi connectivity index (χ1v) is 8.65. The van der Waals surface area contributed by atoms with Gasteiger partial charge in [0.05, 0.1) is 11.9 Å². The minimum absolute atomic E-state index is 0.0498. The van der Waals surface area contributed by atoms with Crippen LogP contribution >= 0.6 is 0 Å². The third kappa shape index (κ3) is 3.49. The van der Waals surface area contributed by atoms with Crippen LogP contribution in [0.5, 0.6) is 0 Å². The molecule has 0 radical (unpaired) electrons. The van der Waals surface area contributed by atoms with Crippen molar-refractivity contribution in [2.45, 2.75) is 6.42 Å². The second kappa shape index (κ2) is 7.23. The van der Waals surface area contributed by atoms with Gasteiger partial charge in [-0.25, -0.2) is 4.68 Å². The number of nitrogens with one attached hydrogen (secondary N) is 1. The van der Waals surface area contributed by atoms with Crippen LogP contribution in [0.4, 0.5) is 0 Å². The van der Waals surface area contributed by atoms with Crippen LogP contribution in [0.3, 0.4) is 0 Å². The lowest BCUT2D eigenvalue weighted by molar-refractivity contribution is 0.0954. The summed E-state index contributed by atoms with van der Waals surface area (Å²) in [7, 11) is 0. The zero-order valence-electron chi connectivity index (χ0n) is 14.3. The van der Waals surface area contributed by atoms with E-state index in [0.29, 0.717) is 12.1 Å². The molecule has 128 valence electrons. The number of amides is 1. The van der Waals surface area contributed by atoms with Crippen molar-refractivity contribution in [2.75, 3.05) is 6.54 Å². The first-order chi connectivity index (χ1) is 12.8. The van der Waals surface area contributed by atoms with Gasteiger partial charge < -0.3 is 5.32 Å². The molecule has 0 spiro atoms. The van der Waals surface area contributed by atoms with Gasteiger partial charge in [0.1, 0.15) is 0 Å². The molecule has 0 saturated carbocycles. The SMILES string of the molecule is O=C(NCCc1cnn(-c2ccccc2)c1)c1ccc2ccccc2c1. The van der Waals surface area contributed by atoms with Gasteiger partial charge in [0.15, 0.2) is 0 Å². The summed E-state index contributed by atoms with van der Waals surface area (Å²) in [5.74, 6) is -0.0498. The Bertz CT molecular complexity index is 1040. The number of rotatable bonds is 5. The standard InChI is InChI=1S/C22H19N3O/c26-22(20-11-10-18-6-4-5-7-19(18)14-20)23-13-12-17-15-24-25(16-17)21-8-2-1-3-9-21/h1-11,14-16H,12-13H2,(H,23,26). The van der Waals surface area contributed by atoms with E-state index in [-0.39, 0.29) is 5.91 Å². The molecule has 26 heavy (non-hydrogen) atoms. The van der Waals surface area contributed by atoms with Crippen molar-refractivity contribution in [2.24, 2.45) is 0 Å². The Morgan fingerprint density at radius 2 is 1.69 bits per heavy atom. The molecule has 0 aliphatic heterocycles. The van der Waals surface area contributed by atoms with Crippen LogP contribution in [0.25, 0.3) is 16.5 Å². The van der Waals surface area contributed by atoms with Gasteiger partial charge in [0, 0.05) is 18.3 Å². The van der Waals surface area contributed by atoms with Crippen LogP contribution < -0.4 is 5.32 Å². The first kappa shape index (κ1) is 16.1. The van der Waals surface area contributed by atoms with Crippen LogP contribution in [-0.4, -0.2) is 22.2 Å². The lowest BCUT2D eigenvalue weighted by Crippen LogP contribution is -2.25. The quantitative estimate of drug-likeness (QED) is 0.596. The molecular weight excluding hydrogens is 322 g/mol. The largest absolute Gasteiger partial charge is 0.352 e. The van der Waals surface area contributed by atoms with Crippen molar-refractivity contribution in [3.8, 4) is 5.69 Å². The van der Waals surface area contributed by atoms with Gasteiger partial charge in [-0.2, -0.15) is 5.10 Å². The summed E-state index contributed by atoms with van der Waals surface area (Å²) in [5.41, 5.74) is 2.80. The van der Waals surface area contributed by atoms with E-state index in [4.69, 9.17) is 0 Å². The van der Waals surface area contributed by atoms with Crippen molar-refractivity contribution in [3.63, 3.8) is 0 Å². The third-order valence-corrected chi connectivity index (χ3v) is 4.37. The maximum Gasteiger partial charge on any atom is 0.251 e. The van der Waals surface area contributed by atoms with E-state index in [1.807, 2.05) is 89.9 Å². The molecule has 4 rings (SSSR count). The van der Waals surface area contributed by atoms with E-state index in [1.165, 1.54) is 0 Å². The van der Waals surface area contributed by atoms with E-state index in [0.717, 1.165) is 28.4 Å². The number of nitrogens with zero attached hydrogens (tertiary/aromatic N) is 2. The molecule has 0 unspecified atom stereocenters. The summed E-state index contributed by atoms with van der Waals surface area (Å²) in [6.45, 7) is 0.576. The summed E-state index contributed by atoms with van der Waals surface area (Å²) in [5, 5.41) is 9.58. The molecule has 0 atom stereocenters. The summed E-state index contributed by atoms with van der Waals surface area (Å²) in [6, 6.07) is 23.8. The molecule has 4 heteroatoms. The summed E-state index contributed by atoms with van der Waals surface area (Å²) >= 11 is 0. The monoisotopic (exact) mass is 341 g/mol. The van der Waals surface area contributed by atoms with Gasteiger partial charge >= 0.3 is 0 Å². The minimum atomic E-state index is -0.0498. The zero-order valence-corrected chi connectivity index (χ0v) is 14.3. The maximum absolute atomic E-state index is 12.4. The zero-order chi connectivity index (χ0) is 17.8. The highest BCUT2D eigenvalue weighted by molar-refractivity contribution is 5.98.